The van der Waals surface area contributed by atoms with Crippen LogP contribution in [0.5, 0.6) is 11.5 Å². The van der Waals surface area contributed by atoms with Crippen LogP contribution in [0.2, 0.25) is 0 Å². The molecule has 1 aromatic carbocycles. The molecule has 0 radical (unpaired) electrons. The van der Waals surface area contributed by atoms with Gasteiger partial charge in [-0.15, -0.1) is 0 Å². The van der Waals surface area contributed by atoms with Crippen molar-refractivity contribution in [2.45, 2.75) is 6.92 Å². The van der Waals surface area contributed by atoms with Crippen molar-refractivity contribution < 1.29 is 19.1 Å². The highest BCUT2D eigenvalue weighted by molar-refractivity contribution is 5.99. The summed E-state index contributed by atoms with van der Waals surface area (Å²) in [4.78, 5) is 22.3. The summed E-state index contributed by atoms with van der Waals surface area (Å²) in [5, 5.41) is 2.45. The van der Waals surface area contributed by atoms with E-state index in [1.165, 1.54) is 6.92 Å². The predicted octanol–water partition coefficient (Wildman–Crippen LogP) is 0.734. The van der Waals surface area contributed by atoms with E-state index in [2.05, 4.69) is 5.32 Å². The number of hydrogen-bond acceptors (Lipinski definition) is 4. The second kappa shape index (κ2) is 4.22. The summed E-state index contributed by atoms with van der Waals surface area (Å²) in [6.07, 6.45) is 0. The van der Waals surface area contributed by atoms with Gasteiger partial charge >= 0.3 is 0 Å². The average Bonchev–Trinajstić information content (AvgIpc) is 2.72. The van der Waals surface area contributed by atoms with E-state index in [1.807, 2.05) is 0 Å². The van der Waals surface area contributed by atoms with E-state index in [-0.39, 0.29) is 25.0 Å². The maximum absolute atomic E-state index is 11.6. The zero-order chi connectivity index (χ0) is 11.5. The molecule has 16 heavy (non-hydrogen) atoms. The minimum Gasteiger partial charge on any atom is -0.454 e. The Morgan fingerprint density at radius 2 is 2.06 bits per heavy atom. The molecule has 0 saturated heterocycles. The largest absolute Gasteiger partial charge is 0.454 e. The molecule has 1 aliphatic rings. The number of Topliss-reactive ketones (excluding diaryl/α,β-unsaturated/α-hetero) is 1. The molecule has 0 fully saturated rings. The summed E-state index contributed by atoms with van der Waals surface area (Å²) in [5.41, 5.74) is 0.498. The fourth-order valence-corrected chi connectivity index (χ4v) is 1.38. The topological polar surface area (TPSA) is 64.6 Å². The lowest BCUT2D eigenvalue weighted by Gasteiger charge is -2.03. The Bertz CT molecular complexity index is 442. The summed E-state index contributed by atoms with van der Waals surface area (Å²) in [6.45, 7) is 1.54. The fourth-order valence-electron chi connectivity index (χ4n) is 1.38. The first-order valence-electron chi connectivity index (χ1n) is 4.84. The highest BCUT2D eigenvalue weighted by Gasteiger charge is 2.16. The van der Waals surface area contributed by atoms with Crippen molar-refractivity contribution >= 4 is 11.7 Å². The quantitative estimate of drug-likeness (QED) is 0.764. The van der Waals surface area contributed by atoms with E-state index in [0.29, 0.717) is 17.1 Å². The minimum atomic E-state index is -0.228. The number of carbonyl (C=O) groups is 2. The minimum absolute atomic E-state index is 0.00498. The molecule has 0 spiro atoms. The first-order valence-corrected chi connectivity index (χ1v) is 4.84. The van der Waals surface area contributed by atoms with E-state index in [0.717, 1.165) is 0 Å². The summed E-state index contributed by atoms with van der Waals surface area (Å²) in [6, 6.07) is 4.95. The molecular formula is C11H11NO4. The molecule has 0 saturated carbocycles. The molecule has 0 bridgehead atoms. The lowest BCUT2D eigenvalue weighted by Crippen LogP contribution is -2.27. The third-order valence-electron chi connectivity index (χ3n) is 2.19. The highest BCUT2D eigenvalue weighted by atomic mass is 16.7. The first-order chi connectivity index (χ1) is 7.66. The summed E-state index contributed by atoms with van der Waals surface area (Å²) in [5.74, 6) is 0.812. The third-order valence-corrected chi connectivity index (χ3v) is 2.19. The molecule has 1 N–H and O–H groups in total. The van der Waals surface area contributed by atoms with Gasteiger partial charge in [0.2, 0.25) is 12.7 Å². The van der Waals surface area contributed by atoms with Gasteiger partial charge < -0.3 is 14.8 Å². The molecule has 0 atom stereocenters. The Morgan fingerprint density at radius 1 is 1.31 bits per heavy atom. The smallest absolute Gasteiger partial charge is 0.231 e. The van der Waals surface area contributed by atoms with Crippen LogP contribution in [0.4, 0.5) is 0 Å². The zero-order valence-corrected chi connectivity index (χ0v) is 8.78. The predicted molar refractivity (Wildman–Crippen MR) is 55.6 cm³/mol. The van der Waals surface area contributed by atoms with Crippen LogP contribution in [0.15, 0.2) is 18.2 Å². The van der Waals surface area contributed by atoms with Gasteiger partial charge in [0.15, 0.2) is 17.3 Å². The molecule has 0 unspecified atom stereocenters. The number of fused-ring (bicyclic) bond motifs is 1. The molecule has 1 heterocycles. The van der Waals surface area contributed by atoms with Crippen LogP contribution in [0.25, 0.3) is 0 Å². The van der Waals surface area contributed by atoms with Crippen LogP contribution in [0, 0.1) is 0 Å². The second-order valence-corrected chi connectivity index (χ2v) is 3.40. The normalized spacial score (nSPS) is 12.3. The van der Waals surface area contributed by atoms with Crippen LogP contribution in [0.1, 0.15) is 17.3 Å². The van der Waals surface area contributed by atoms with Gasteiger partial charge in [0.1, 0.15) is 0 Å². The molecule has 1 aliphatic heterocycles. The Balaban J connectivity index is 2.09. The number of ketones is 1. The van der Waals surface area contributed by atoms with Gasteiger partial charge in [-0.1, -0.05) is 0 Å². The average molecular weight is 221 g/mol. The maximum Gasteiger partial charge on any atom is 0.231 e. The van der Waals surface area contributed by atoms with Crippen molar-refractivity contribution in [1.82, 2.24) is 5.32 Å². The molecule has 0 aliphatic carbocycles. The number of nitrogens with one attached hydrogen (secondary N) is 1. The SMILES string of the molecule is CC(=O)NCC(=O)c1ccc2c(c1)OCO2. The van der Waals surface area contributed by atoms with E-state index in [4.69, 9.17) is 9.47 Å². The summed E-state index contributed by atoms with van der Waals surface area (Å²) >= 11 is 0. The fraction of sp³-hybridized carbons (Fsp3) is 0.273. The molecule has 1 amide bonds. The van der Waals surface area contributed by atoms with E-state index < -0.39 is 0 Å². The lowest BCUT2D eigenvalue weighted by molar-refractivity contribution is -0.118. The Kier molecular flexibility index (Phi) is 2.76. The number of amides is 1. The van der Waals surface area contributed by atoms with Gasteiger partial charge in [0, 0.05) is 12.5 Å². The van der Waals surface area contributed by atoms with Gasteiger partial charge in [-0.2, -0.15) is 0 Å². The molecule has 5 nitrogen and oxygen atoms in total. The molecule has 2 rings (SSSR count). The van der Waals surface area contributed by atoms with Crippen molar-refractivity contribution in [3.05, 3.63) is 23.8 Å². The highest BCUT2D eigenvalue weighted by Crippen LogP contribution is 2.32. The maximum atomic E-state index is 11.6. The van der Waals surface area contributed by atoms with Crippen molar-refractivity contribution in [3.63, 3.8) is 0 Å². The van der Waals surface area contributed by atoms with Crippen LogP contribution in [0.3, 0.4) is 0 Å². The van der Waals surface area contributed by atoms with Crippen LogP contribution >= 0.6 is 0 Å². The van der Waals surface area contributed by atoms with Gasteiger partial charge in [-0.3, -0.25) is 9.59 Å². The van der Waals surface area contributed by atoms with Crippen molar-refractivity contribution in [2.75, 3.05) is 13.3 Å². The number of ether oxygens (including phenoxy) is 2. The third kappa shape index (κ3) is 2.13. The number of hydrogen-bond donors (Lipinski definition) is 1. The van der Waals surface area contributed by atoms with Crippen LogP contribution < -0.4 is 14.8 Å². The molecule has 1 aromatic rings. The van der Waals surface area contributed by atoms with Gasteiger partial charge in [0.05, 0.1) is 6.54 Å². The standard InChI is InChI=1S/C11H11NO4/c1-7(13)12-5-9(14)8-2-3-10-11(4-8)16-6-15-10/h2-4H,5-6H2,1H3,(H,12,13). The van der Waals surface area contributed by atoms with E-state index in [1.54, 1.807) is 18.2 Å². The first kappa shape index (κ1) is 10.5. The van der Waals surface area contributed by atoms with Gasteiger partial charge in [-0.05, 0) is 18.2 Å². The van der Waals surface area contributed by atoms with Gasteiger partial charge in [-0.25, -0.2) is 0 Å². The summed E-state index contributed by atoms with van der Waals surface area (Å²) < 4.78 is 10.3. The molecule has 0 aromatic heterocycles. The molecule has 5 heteroatoms. The zero-order valence-electron chi connectivity index (χ0n) is 8.78. The Hall–Kier alpha value is -2.04. The Morgan fingerprint density at radius 3 is 2.81 bits per heavy atom. The number of rotatable bonds is 3. The van der Waals surface area contributed by atoms with Crippen molar-refractivity contribution in [3.8, 4) is 11.5 Å². The van der Waals surface area contributed by atoms with E-state index in [9.17, 15) is 9.59 Å². The Labute approximate surface area is 92.4 Å². The van der Waals surface area contributed by atoms with Crippen LogP contribution in [-0.2, 0) is 4.79 Å². The van der Waals surface area contributed by atoms with Crippen molar-refractivity contribution in [2.24, 2.45) is 0 Å². The van der Waals surface area contributed by atoms with E-state index >= 15 is 0 Å². The molecular weight excluding hydrogens is 210 g/mol. The monoisotopic (exact) mass is 221 g/mol. The number of carbonyl (C=O) groups excluding carboxylic acids is 2. The van der Waals surface area contributed by atoms with Crippen LogP contribution in [-0.4, -0.2) is 25.0 Å². The summed E-state index contributed by atoms with van der Waals surface area (Å²) in [7, 11) is 0. The lowest BCUT2D eigenvalue weighted by atomic mass is 10.1. The van der Waals surface area contributed by atoms with Gasteiger partial charge in [0.25, 0.3) is 0 Å². The molecule has 84 valence electrons. The second-order valence-electron chi connectivity index (χ2n) is 3.40. The van der Waals surface area contributed by atoms with Crippen molar-refractivity contribution in [1.29, 1.82) is 0 Å². The number of benzene rings is 1.